The SMILES string of the molecule is Cc1ccc(CC(=O)c2cnccc2C)cc1C. The molecule has 0 spiro atoms. The third kappa shape index (κ3) is 2.65. The molecule has 18 heavy (non-hydrogen) atoms. The van der Waals surface area contributed by atoms with E-state index in [9.17, 15) is 4.79 Å². The molecule has 0 amide bonds. The van der Waals surface area contributed by atoms with Crippen LogP contribution in [0.1, 0.15) is 32.6 Å². The number of carbonyl (C=O) groups excluding carboxylic acids is 1. The van der Waals surface area contributed by atoms with Crippen LogP contribution in [0.2, 0.25) is 0 Å². The molecule has 1 aromatic carbocycles. The lowest BCUT2D eigenvalue weighted by Crippen LogP contribution is -2.06. The predicted octanol–water partition coefficient (Wildman–Crippen LogP) is 3.43. The van der Waals surface area contributed by atoms with Crippen LogP contribution in [0.15, 0.2) is 36.7 Å². The van der Waals surface area contributed by atoms with Gasteiger partial charge in [-0.15, -0.1) is 0 Å². The fraction of sp³-hybridized carbons (Fsp3) is 0.250. The minimum atomic E-state index is 0.129. The minimum absolute atomic E-state index is 0.129. The maximum Gasteiger partial charge on any atom is 0.169 e. The fourth-order valence-corrected chi connectivity index (χ4v) is 1.95. The van der Waals surface area contributed by atoms with E-state index in [1.54, 1.807) is 12.4 Å². The molecule has 0 unspecified atom stereocenters. The average Bonchev–Trinajstić information content (AvgIpc) is 2.34. The summed E-state index contributed by atoms with van der Waals surface area (Å²) in [7, 11) is 0. The normalized spacial score (nSPS) is 10.4. The maximum absolute atomic E-state index is 12.2. The monoisotopic (exact) mass is 239 g/mol. The molecule has 0 fully saturated rings. The van der Waals surface area contributed by atoms with Crippen LogP contribution in [0.25, 0.3) is 0 Å². The number of rotatable bonds is 3. The van der Waals surface area contributed by atoms with E-state index in [-0.39, 0.29) is 5.78 Å². The van der Waals surface area contributed by atoms with Gasteiger partial charge in [-0.3, -0.25) is 9.78 Å². The summed E-state index contributed by atoms with van der Waals surface area (Å²) in [5.41, 5.74) is 5.24. The highest BCUT2D eigenvalue weighted by molar-refractivity contribution is 5.98. The summed E-state index contributed by atoms with van der Waals surface area (Å²) in [6.07, 6.45) is 3.80. The van der Waals surface area contributed by atoms with Crippen LogP contribution in [0.5, 0.6) is 0 Å². The first-order chi connectivity index (χ1) is 8.58. The smallest absolute Gasteiger partial charge is 0.169 e. The van der Waals surface area contributed by atoms with Gasteiger partial charge >= 0.3 is 0 Å². The van der Waals surface area contributed by atoms with E-state index in [0.717, 1.165) is 16.7 Å². The highest BCUT2D eigenvalue weighted by atomic mass is 16.1. The van der Waals surface area contributed by atoms with Crippen molar-refractivity contribution >= 4 is 5.78 Å². The van der Waals surface area contributed by atoms with Gasteiger partial charge in [0.05, 0.1) is 0 Å². The van der Waals surface area contributed by atoms with Gasteiger partial charge in [-0.2, -0.15) is 0 Å². The van der Waals surface area contributed by atoms with Gasteiger partial charge in [-0.25, -0.2) is 0 Å². The predicted molar refractivity (Wildman–Crippen MR) is 72.9 cm³/mol. The first-order valence-corrected chi connectivity index (χ1v) is 6.08. The third-order valence-corrected chi connectivity index (χ3v) is 3.28. The summed E-state index contributed by atoms with van der Waals surface area (Å²) in [5.74, 6) is 0.129. The van der Waals surface area contributed by atoms with E-state index in [1.807, 2.05) is 19.1 Å². The number of hydrogen-bond acceptors (Lipinski definition) is 2. The molecule has 0 aliphatic heterocycles. The van der Waals surface area contributed by atoms with Crippen molar-refractivity contribution in [2.24, 2.45) is 0 Å². The van der Waals surface area contributed by atoms with Gasteiger partial charge in [0.15, 0.2) is 5.78 Å². The summed E-state index contributed by atoms with van der Waals surface area (Å²) in [6.45, 7) is 6.08. The van der Waals surface area contributed by atoms with Gasteiger partial charge in [0, 0.05) is 24.4 Å². The van der Waals surface area contributed by atoms with Gasteiger partial charge in [-0.1, -0.05) is 18.2 Å². The van der Waals surface area contributed by atoms with E-state index in [0.29, 0.717) is 6.42 Å². The van der Waals surface area contributed by atoms with E-state index in [4.69, 9.17) is 0 Å². The van der Waals surface area contributed by atoms with Crippen LogP contribution in [0.3, 0.4) is 0 Å². The van der Waals surface area contributed by atoms with Crippen LogP contribution >= 0.6 is 0 Å². The van der Waals surface area contributed by atoms with Crippen molar-refractivity contribution < 1.29 is 4.79 Å². The molecule has 1 heterocycles. The highest BCUT2D eigenvalue weighted by Crippen LogP contribution is 2.14. The lowest BCUT2D eigenvalue weighted by molar-refractivity contribution is 0.0992. The van der Waals surface area contributed by atoms with Crippen LogP contribution in [-0.4, -0.2) is 10.8 Å². The number of aromatic nitrogens is 1. The number of ketones is 1. The summed E-state index contributed by atoms with van der Waals surface area (Å²) >= 11 is 0. The quantitative estimate of drug-likeness (QED) is 0.768. The first-order valence-electron chi connectivity index (χ1n) is 6.08. The molecule has 0 atom stereocenters. The van der Waals surface area contributed by atoms with Gasteiger partial charge in [0.1, 0.15) is 0 Å². The van der Waals surface area contributed by atoms with Gasteiger partial charge in [-0.05, 0) is 49.1 Å². The van der Waals surface area contributed by atoms with Crippen molar-refractivity contribution in [3.05, 3.63) is 64.5 Å². The molecule has 92 valence electrons. The van der Waals surface area contributed by atoms with Crippen molar-refractivity contribution in [2.45, 2.75) is 27.2 Å². The minimum Gasteiger partial charge on any atom is -0.294 e. The Morgan fingerprint density at radius 1 is 1.06 bits per heavy atom. The van der Waals surface area contributed by atoms with Crippen LogP contribution < -0.4 is 0 Å². The topological polar surface area (TPSA) is 30.0 Å². The molecule has 2 rings (SSSR count). The second kappa shape index (κ2) is 5.13. The van der Waals surface area contributed by atoms with Crippen molar-refractivity contribution in [3.8, 4) is 0 Å². The number of pyridine rings is 1. The van der Waals surface area contributed by atoms with Gasteiger partial charge in [0.2, 0.25) is 0 Å². The zero-order valence-electron chi connectivity index (χ0n) is 11.0. The Labute approximate surface area is 108 Å². The average molecular weight is 239 g/mol. The Morgan fingerprint density at radius 2 is 1.83 bits per heavy atom. The summed E-state index contributed by atoms with van der Waals surface area (Å²) in [5, 5.41) is 0. The van der Waals surface area contributed by atoms with Gasteiger partial charge in [0.25, 0.3) is 0 Å². The lowest BCUT2D eigenvalue weighted by atomic mass is 9.98. The van der Waals surface area contributed by atoms with Crippen molar-refractivity contribution in [1.82, 2.24) is 4.98 Å². The molecule has 0 aliphatic rings. The van der Waals surface area contributed by atoms with Crippen molar-refractivity contribution in [1.29, 1.82) is 0 Å². The zero-order chi connectivity index (χ0) is 13.1. The third-order valence-electron chi connectivity index (χ3n) is 3.28. The Hall–Kier alpha value is -1.96. The van der Waals surface area contributed by atoms with Crippen molar-refractivity contribution in [2.75, 3.05) is 0 Å². The van der Waals surface area contributed by atoms with E-state index in [1.165, 1.54) is 11.1 Å². The van der Waals surface area contributed by atoms with E-state index < -0.39 is 0 Å². The zero-order valence-corrected chi connectivity index (χ0v) is 11.0. The first kappa shape index (κ1) is 12.5. The molecule has 0 N–H and O–H groups in total. The summed E-state index contributed by atoms with van der Waals surface area (Å²) < 4.78 is 0. The second-order valence-electron chi connectivity index (χ2n) is 4.71. The van der Waals surface area contributed by atoms with E-state index >= 15 is 0 Å². The number of Topliss-reactive ketones (excluding diaryl/α,β-unsaturated/α-hetero) is 1. The Kier molecular flexibility index (Phi) is 3.56. The molecule has 0 aliphatic carbocycles. The maximum atomic E-state index is 12.2. The second-order valence-corrected chi connectivity index (χ2v) is 4.71. The highest BCUT2D eigenvalue weighted by Gasteiger charge is 2.10. The number of aryl methyl sites for hydroxylation is 3. The standard InChI is InChI=1S/C16H17NO/c1-11-4-5-14(8-13(11)3)9-16(18)15-10-17-7-6-12(15)2/h4-8,10H,9H2,1-3H3. The number of nitrogens with zero attached hydrogens (tertiary/aromatic N) is 1. The Morgan fingerprint density at radius 3 is 2.50 bits per heavy atom. The molecular formula is C16H17NO. The molecule has 2 aromatic rings. The number of hydrogen-bond donors (Lipinski definition) is 0. The lowest BCUT2D eigenvalue weighted by Gasteiger charge is -2.06. The molecule has 0 saturated carbocycles. The summed E-state index contributed by atoms with van der Waals surface area (Å²) in [4.78, 5) is 16.2. The van der Waals surface area contributed by atoms with Crippen LogP contribution in [0, 0.1) is 20.8 Å². The largest absolute Gasteiger partial charge is 0.294 e. The molecule has 2 heteroatoms. The molecular weight excluding hydrogens is 222 g/mol. The molecule has 0 radical (unpaired) electrons. The van der Waals surface area contributed by atoms with Crippen LogP contribution in [-0.2, 0) is 6.42 Å². The number of carbonyl (C=O) groups is 1. The van der Waals surface area contributed by atoms with Gasteiger partial charge < -0.3 is 0 Å². The Bertz CT molecular complexity index is 587. The molecule has 1 aromatic heterocycles. The fourth-order valence-electron chi connectivity index (χ4n) is 1.95. The molecule has 0 bridgehead atoms. The Balaban J connectivity index is 2.22. The molecule has 2 nitrogen and oxygen atoms in total. The number of benzene rings is 1. The van der Waals surface area contributed by atoms with E-state index in [2.05, 4.69) is 31.0 Å². The summed E-state index contributed by atoms with van der Waals surface area (Å²) in [6, 6.07) is 8.03. The van der Waals surface area contributed by atoms with Crippen molar-refractivity contribution in [3.63, 3.8) is 0 Å². The molecule has 0 saturated heterocycles. The van der Waals surface area contributed by atoms with Crippen LogP contribution in [0.4, 0.5) is 0 Å².